The van der Waals surface area contributed by atoms with Crippen LogP contribution in [-0.2, 0) is 9.31 Å². The Morgan fingerprint density at radius 3 is 2.00 bits per heavy atom. The summed E-state index contributed by atoms with van der Waals surface area (Å²) < 4.78 is 11.9. The number of aldehydes is 1. The van der Waals surface area contributed by atoms with Crippen molar-refractivity contribution in [2.45, 2.75) is 38.9 Å². The van der Waals surface area contributed by atoms with Crippen LogP contribution < -0.4 is 0 Å². The Balaban J connectivity index is 2.23. The van der Waals surface area contributed by atoms with Gasteiger partial charge in [0.05, 0.1) is 17.8 Å². The number of hydrogen-bond donors (Lipinski definition) is 1. The highest BCUT2D eigenvalue weighted by Gasteiger charge is 2.52. The van der Waals surface area contributed by atoms with Gasteiger partial charge in [0.25, 0.3) is 0 Å². The second-order valence-corrected chi connectivity index (χ2v) is 6.25. The van der Waals surface area contributed by atoms with Crippen LogP contribution in [-0.4, -0.2) is 36.3 Å². The maximum atomic E-state index is 10.7. The number of carbonyl (C=O) groups is 1. The van der Waals surface area contributed by atoms with Crippen LogP contribution in [0.5, 0.6) is 0 Å². The zero-order valence-electron chi connectivity index (χ0n) is 12.9. The quantitative estimate of drug-likeness (QED) is 0.683. The van der Waals surface area contributed by atoms with E-state index in [2.05, 4.69) is 0 Å². The lowest BCUT2D eigenvalue weighted by Crippen LogP contribution is -2.41. The number of aliphatic hydroxyl groups excluding tert-OH is 1. The van der Waals surface area contributed by atoms with Crippen molar-refractivity contribution in [1.82, 2.24) is 0 Å². The maximum absolute atomic E-state index is 10.7. The average Bonchev–Trinajstić information content (AvgIpc) is 2.65. The molecule has 1 aliphatic rings. The lowest BCUT2D eigenvalue weighted by atomic mass is 9.77. The molecule has 0 radical (unpaired) electrons. The molecule has 1 saturated heterocycles. The largest absolute Gasteiger partial charge is 0.492 e. The van der Waals surface area contributed by atoms with Crippen molar-refractivity contribution in [2.24, 2.45) is 0 Å². The molecule has 1 aromatic carbocycles. The van der Waals surface area contributed by atoms with E-state index in [0.717, 1.165) is 11.8 Å². The molecular formula is C16H21BO4. The van der Waals surface area contributed by atoms with E-state index in [9.17, 15) is 9.90 Å². The zero-order chi connectivity index (χ0) is 15.7. The van der Waals surface area contributed by atoms with Crippen LogP contribution in [0.4, 0.5) is 0 Å². The summed E-state index contributed by atoms with van der Waals surface area (Å²) in [6, 6.07) is 7.12. The first-order chi connectivity index (χ1) is 9.79. The Bertz CT molecular complexity index is 530. The number of benzene rings is 1. The first-order valence-electron chi connectivity index (χ1n) is 7.01. The molecule has 0 saturated carbocycles. The topological polar surface area (TPSA) is 55.8 Å². The predicted molar refractivity (Wildman–Crippen MR) is 83.0 cm³/mol. The van der Waals surface area contributed by atoms with Crippen LogP contribution in [0.1, 0.15) is 43.6 Å². The molecule has 2 rings (SSSR count). The van der Waals surface area contributed by atoms with E-state index < -0.39 is 18.3 Å². The molecule has 1 fully saturated rings. The predicted octanol–water partition coefficient (Wildman–Crippen LogP) is 2.51. The molecule has 4 nitrogen and oxygen atoms in total. The summed E-state index contributed by atoms with van der Waals surface area (Å²) in [4.78, 5) is 10.7. The van der Waals surface area contributed by atoms with Gasteiger partial charge in [0, 0.05) is 5.56 Å². The molecule has 0 aromatic heterocycles. The Hall–Kier alpha value is -1.43. The van der Waals surface area contributed by atoms with Gasteiger partial charge in [-0.2, -0.15) is 0 Å². The minimum absolute atomic E-state index is 0.147. The second-order valence-electron chi connectivity index (χ2n) is 6.25. The Morgan fingerprint density at radius 1 is 1.10 bits per heavy atom. The van der Waals surface area contributed by atoms with Crippen LogP contribution in [0.15, 0.2) is 29.7 Å². The van der Waals surface area contributed by atoms with Gasteiger partial charge in [0.1, 0.15) is 6.29 Å². The highest BCUT2D eigenvalue weighted by atomic mass is 16.7. The van der Waals surface area contributed by atoms with Crippen molar-refractivity contribution in [1.29, 1.82) is 0 Å². The molecule has 0 bridgehead atoms. The molecule has 0 atom stereocenters. The molecule has 1 aromatic rings. The third kappa shape index (κ3) is 3.26. The van der Waals surface area contributed by atoms with Gasteiger partial charge >= 0.3 is 7.12 Å². The SMILES string of the molecule is CC1(C)OB(C(=Cc2ccc(C=O)cc2)CO)OC1(C)C. The highest BCUT2D eigenvalue weighted by Crippen LogP contribution is 2.38. The maximum Gasteiger partial charge on any atom is 0.492 e. The Kier molecular flexibility index (Phi) is 4.37. The number of carbonyl (C=O) groups excluding carboxylic acids is 1. The van der Waals surface area contributed by atoms with E-state index >= 15 is 0 Å². The molecule has 0 unspecified atom stereocenters. The summed E-state index contributed by atoms with van der Waals surface area (Å²) >= 11 is 0. The van der Waals surface area contributed by atoms with Gasteiger partial charge < -0.3 is 14.4 Å². The van der Waals surface area contributed by atoms with Crippen molar-refractivity contribution in [3.05, 3.63) is 40.9 Å². The van der Waals surface area contributed by atoms with E-state index in [1.165, 1.54) is 0 Å². The molecule has 0 aliphatic carbocycles. The van der Waals surface area contributed by atoms with Crippen molar-refractivity contribution in [3.8, 4) is 0 Å². The monoisotopic (exact) mass is 288 g/mol. The van der Waals surface area contributed by atoms with Crippen molar-refractivity contribution in [3.63, 3.8) is 0 Å². The van der Waals surface area contributed by atoms with E-state index in [1.807, 2.05) is 45.9 Å². The van der Waals surface area contributed by atoms with Crippen LogP contribution >= 0.6 is 0 Å². The fraction of sp³-hybridized carbons (Fsp3) is 0.438. The summed E-state index contributed by atoms with van der Waals surface area (Å²) in [5, 5.41) is 9.60. The van der Waals surface area contributed by atoms with E-state index in [0.29, 0.717) is 11.0 Å². The Morgan fingerprint density at radius 2 is 1.57 bits per heavy atom. The number of aliphatic hydroxyl groups is 1. The van der Waals surface area contributed by atoms with Gasteiger partial charge in [-0.25, -0.2) is 0 Å². The molecule has 1 heterocycles. The van der Waals surface area contributed by atoms with Crippen LogP contribution in [0, 0.1) is 0 Å². The lowest BCUT2D eigenvalue weighted by molar-refractivity contribution is 0.00578. The van der Waals surface area contributed by atoms with Crippen molar-refractivity contribution in [2.75, 3.05) is 6.61 Å². The fourth-order valence-electron chi connectivity index (χ4n) is 2.07. The first-order valence-corrected chi connectivity index (χ1v) is 7.01. The van der Waals surface area contributed by atoms with Crippen LogP contribution in [0.25, 0.3) is 6.08 Å². The van der Waals surface area contributed by atoms with Gasteiger partial charge in [-0.05, 0) is 38.7 Å². The summed E-state index contributed by atoms with van der Waals surface area (Å²) in [7, 11) is -0.564. The zero-order valence-corrected chi connectivity index (χ0v) is 12.9. The third-order valence-electron chi connectivity index (χ3n) is 4.16. The number of rotatable bonds is 4. The third-order valence-corrected chi connectivity index (χ3v) is 4.16. The molecule has 5 heteroatoms. The van der Waals surface area contributed by atoms with E-state index in [1.54, 1.807) is 12.1 Å². The Labute approximate surface area is 125 Å². The summed E-state index contributed by atoms with van der Waals surface area (Å²) in [6.45, 7) is 7.75. The average molecular weight is 288 g/mol. The van der Waals surface area contributed by atoms with Crippen LogP contribution in [0.3, 0.4) is 0 Å². The molecule has 1 aliphatic heterocycles. The lowest BCUT2D eigenvalue weighted by Gasteiger charge is -2.32. The van der Waals surface area contributed by atoms with Crippen molar-refractivity contribution >= 4 is 19.5 Å². The molecule has 21 heavy (non-hydrogen) atoms. The molecule has 0 amide bonds. The molecule has 112 valence electrons. The van der Waals surface area contributed by atoms with Crippen molar-refractivity contribution < 1.29 is 19.2 Å². The van der Waals surface area contributed by atoms with Gasteiger partial charge in [-0.1, -0.05) is 30.3 Å². The van der Waals surface area contributed by atoms with Gasteiger partial charge in [-0.3, -0.25) is 4.79 Å². The van der Waals surface area contributed by atoms with Gasteiger partial charge in [0.15, 0.2) is 0 Å². The van der Waals surface area contributed by atoms with E-state index in [4.69, 9.17) is 9.31 Å². The summed E-state index contributed by atoms with van der Waals surface area (Å²) in [6.07, 6.45) is 2.63. The van der Waals surface area contributed by atoms with Gasteiger partial charge in [0.2, 0.25) is 0 Å². The first kappa shape index (κ1) is 16.0. The summed E-state index contributed by atoms with van der Waals surface area (Å²) in [5.74, 6) is 0. The minimum Gasteiger partial charge on any atom is -0.400 e. The fourth-order valence-corrected chi connectivity index (χ4v) is 2.07. The molecular weight excluding hydrogens is 267 g/mol. The second kappa shape index (κ2) is 5.75. The normalized spacial score (nSPS) is 20.6. The van der Waals surface area contributed by atoms with Crippen LogP contribution in [0.2, 0.25) is 0 Å². The van der Waals surface area contributed by atoms with Gasteiger partial charge in [-0.15, -0.1) is 0 Å². The van der Waals surface area contributed by atoms with E-state index in [-0.39, 0.29) is 6.61 Å². The number of hydrogen-bond acceptors (Lipinski definition) is 4. The minimum atomic E-state index is -0.564. The summed E-state index contributed by atoms with van der Waals surface area (Å²) in [5.41, 5.74) is 1.29. The molecule has 0 spiro atoms. The standard InChI is InChI=1S/C16H21BO4/c1-15(2)16(3,4)21-17(20-15)14(11-19)9-12-5-7-13(10-18)8-6-12/h5-10,19H,11H2,1-4H3. The highest BCUT2D eigenvalue weighted by molar-refractivity contribution is 6.55. The smallest absolute Gasteiger partial charge is 0.400 e. The molecule has 1 N–H and O–H groups in total.